The maximum absolute atomic E-state index is 11.9. The zero-order chi connectivity index (χ0) is 15.4. The molecule has 0 aromatic carbocycles. The summed E-state index contributed by atoms with van der Waals surface area (Å²) in [7, 11) is 3.67. The first-order valence-electron chi connectivity index (χ1n) is 6.17. The minimum absolute atomic E-state index is 0.112. The maximum Gasteiger partial charge on any atom is 0.287 e. The van der Waals surface area contributed by atoms with Crippen molar-refractivity contribution in [2.75, 3.05) is 19.0 Å². The summed E-state index contributed by atoms with van der Waals surface area (Å²) in [5, 5.41) is 11.5. The number of aryl methyl sites for hydroxylation is 2. The second-order valence-corrected chi connectivity index (χ2v) is 4.51. The molecule has 0 bridgehead atoms. The van der Waals surface area contributed by atoms with Crippen LogP contribution in [0.15, 0.2) is 23.3 Å². The fourth-order valence-electron chi connectivity index (χ4n) is 1.62. The molecule has 10 heteroatoms. The normalized spacial score (nSPS) is 10.4. The van der Waals surface area contributed by atoms with Crippen molar-refractivity contribution in [1.29, 1.82) is 0 Å². The van der Waals surface area contributed by atoms with Crippen LogP contribution in [-0.2, 0) is 13.1 Å². The molecule has 0 fully saturated rings. The van der Waals surface area contributed by atoms with Crippen molar-refractivity contribution in [1.82, 2.24) is 30.2 Å². The molecular weight excluding hydrogens is 276 g/mol. The van der Waals surface area contributed by atoms with Gasteiger partial charge in [0.15, 0.2) is 5.69 Å². The summed E-state index contributed by atoms with van der Waals surface area (Å²) in [6.45, 7) is 0.679. The van der Waals surface area contributed by atoms with Crippen LogP contribution in [0.25, 0.3) is 0 Å². The topological polar surface area (TPSA) is 124 Å². The first-order valence-corrected chi connectivity index (χ1v) is 6.17. The highest BCUT2D eigenvalue weighted by Crippen LogP contribution is 2.03. The lowest BCUT2D eigenvalue weighted by Crippen LogP contribution is -2.30. The van der Waals surface area contributed by atoms with Crippen molar-refractivity contribution in [2.24, 2.45) is 5.84 Å². The summed E-state index contributed by atoms with van der Waals surface area (Å²) in [6.07, 6.45) is 3.05. The highest BCUT2D eigenvalue weighted by atomic mass is 16.2. The molecule has 3 N–H and O–H groups in total. The third-order valence-electron chi connectivity index (χ3n) is 2.81. The summed E-state index contributed by atoms with van der Waals surface area (Å²) in [4.78, 5) is 24.9. The van der Waals surface area contributed by atoms with Gasteiger partial charge in [-0.05, 0) is 0 Å². The summed E-state index contributed by atoms with van der Waals surface area (Å²) in [6, 6.07) is 1.50. The van der Waals surface area contributed by atoms with E-state index in [0.29, 0.717) is 13.1 Å². The van der Waals surface area contributed by atoms with Crippen molar-refractivity contribution in [3.05, 3.63) is 34.5 Å². The maximum atomic E-state index is 11.9. The number of amides is 1. The second kappa shape index (κ2) is 6.13. The Labute approximate surface area is 120 Å². The summed E-state index contributed by atoms with van der Waals surface area (Å²) >= 11 is 0. The van der Waals surface area contributed by atoms with E-state index in [2.05, 4.69) is 15.4 Å². The third-order valence-corrected chi connectivity index (χ3v) is 2.81. The monoisotopic (exact) mass is 292 g/mol. The minimum Gasteiger partial charge on any atom is -0.376 e. The van der Waals surface area contributed by atoms with E-state index in [0.717, 1.165) is 5.69 Å². The van der Waals surface area contributed by atoms with E-state index in [9.17, 15) is 9.59 Å². The van der Waals surface area contributed by atoms with Gasteiger partial charge in [-0.2, -0.15) is 5.10 Å². The molecule has 0 saturated heterocycles. The van der Waals surface area contributed by atoms with Gasteiger partial charge in [0.25, 0.3) is 11.5 Å². The lowest BCUT2D eigenvalue weighted by molar-refractivity contribution is 0.0948. The number of carbonyl (C=O) groups is 1. The predicted octanol–water partition coefficient (Wildman–Crippen LogP) is -1.80. The predicted molar refractivity (Wildman–Crippen MR) is 74.5 cm³/mol. The number of nitrogen functional groups attached to an aromatic ring is 1. The molecule has 0 radical (unpaired) electrons. The van der Waals surface area contributed by atoms with Gasteiger partial charge in [-0.1, -0.05) is 5.21 Å². The number of nitrogens with zero attached hydrogens (tertiary/aromatic N) is 6. The Kier molecular flexibility index (Phi) is 4.28. The Bertz CT molecular complexity index is 690. The summed E-state index contributed by atoms with van der Waals surface area (Å²) < 4.78 is 2.76. The van der Waals surface area contributed by atoms with Crippen LogP contribution in [0.4, 0.5) is 5.69 Å². The van der Waals surface area contributed by atoms with Crippen molar-refractivity contribution in [2.45, 2.75) is 13.1 Å². The van der Waals surface area contributed by atoms with E-state index < -0.39 is 5.91 Å². The summed E-state index contributed by atoms with van der Waals surface area (Å²) in [5.74, 6) is 4.48. The highest BCUT2D eigenvalue weighted by molar-refractivity contribution is 5.91. The first kappa shape index (κ1) is 14.7. The number of hydrogen-bond donors (Lipinski definition) is 2. The van der Waals surface area contributed by atoms with Crippen LogP contribution in [0.2, 0.25) is 0 Å². The van der Waals surface area contributed by atoms with E-state index in [1.807, 2.05) is 19.5 Å². The fourth-order valence-corrected chi connectivity index (χ4v) is 1.62. The molecule has 21 heavy (non-hydrogen) atoms. The average molecular weight is 292 g/mol. The molecule has 2 aromatic rings. The molecule has 2 aromatic heterocycles. The molecule has 0 aliphatic carbocycles. The van der Waals surface area contributed by atoms with Crippen molar-refractivity contribution in [3.63, 3.8) is 0 Å². The fraction of sp³-hybridized carbons (Fsp3) is 0.364. The molecule has 0 spiro atoms. The number of aromatic nitrogens is 5. The van der Waals surface area contributed by atoms with E-state index >= 15 is 0 Å². The number of hydrazine groups is 1. The van der Waals surface area contributed by atoms with Crippen LogP contribution < -0.4 is 21.7 Å². The van der Waals surface area contributed by atoms with E-state index in [1.54, 1.807) is 11.1 Å². The van der Waals surface area contributed by atoms with Gasteiger partial charge in [-0.25, -0.2) is 15.2 Å². The van der Waals surface area contributed by atoms with Gasteiger partial charge >= 0.3 is 0 Å². The Morgan fingerprint density at radius 3 is 2.81 bits per heavy atom. The second-order valence-electron chi connectivity index (χ2n) is 4.51. The zero-order valence-corrected chi connectivity index (χ0v) is 11.7. The SMILES string of the molecule is CN(C)c1cnn(CCn2cc(C(=O)NN)nn2)c(=O)c1. The van der Waals surface area contributed by atoms with Crippen LogP contribution in [0.1, 0.15) is 10.5 Å². The quantitative estimate of drug-likeness (QED) is 0.378. The molecule has 1 amide bonds. The van der Waals surface area contributed by atoms with E-state index in [-0.39, 0.29) is 11.3 Å². The molecule has 0 saturated carbocycles. The minimum atomic E-state index is -0.521. The van der Waals surface area contributed by atoms with Crippen LogP contribution in [-0.4, -0.2) is 44.8 Å². The molecule has 0 aliphatic heterocycles. The smallest absolute Gasteiger partial charge is 0.287 e. The highest BCUT2D eigenvalue weighted by Gasteiger charge is 2.09. The number of carbonyl (C=O) groups excluding carboxylic acids is 1. The number of nitrogens with one attached hydrogen (secondary N) is 1. The Balaban J connectivity index is 2.05. The lowest BCUT2D eigenvalue weighted by atomic mass is 10.4. The number of rotatable bonds is 5. The largest absolute Gasteiger partial charge is 0.376 e. The van der Waals surface area contributed by atoms with Crippen LogP contribution >= 0.6 is 0 Å². The van der Waals surface area contributed by atoms with Crippen LogP contribution in [0.5, 0.6) is 0 Å². The number of nitrogens with two attached hydrogens (primary N) is 1. The van der Waals surface area contributed by atoms with Gasteiger partial charge in [0.1, 0.15) is 0 Å². The molecule has 2 rings (SSSR count). The molecule has 0 aliphatic rings. The standard InChI is InChI=1S/C11H16N8O2/c1-17(2)8-5-10(20)19(13-6-8)4-3-18-7-9(15-16-18)11(21)14-12/h5-7H,3-4,12H2,1-2H3,(H,14,21). The van der Waals surface area contributed by atoms with E-state index in [1.165, 1.54) is 21.6 Å². The number of hydrogen-bond acceptors (Lipinski definition) is 7. The first-order chi connectivity index (χ1) is 10.0. The molecule has 10 nitrogen and oxygen atoms in total. The molecular formula is C11H16N8O2. The van der Waals surface area contributed by atoms with Gasteiger partial charge in [-0.3, -0.25) is 15.0 Å². The van der Waals surface area contributed by atoms with Gasteiger partial charge in [0.05, 0.1) is 31.2 Å². The zero-order valence-electron chi connectivity index (χ0n) is 11.7. The van der Waals surface area contributed by atoms with Gasteiger partial charge in [0.2, 0.25) is 0 Å². The van der Waals surface area contributed by atoms with Crippen LogP contribution in [0, 0.1) is 0 Å². The average Bonchev–Trinajstić information content (AvgIpc) is 2.93. The van der Waals surface area contributed by atoms with Crippen LogP contribution in [0.3, 0.4) is 0 Å². The van der Waals surface area contributed by atoms with Crippen molar-refractivity contribution >= 4 is 11.6 Å². The number of anilines is 1. The van der Waals surface area contributed by atoms with Gasteiger partial charge in [0, 0.05) is 20.2 Å². The van der Waals surface area contributed by atoms with Crippen molar-refractivity contribution in [3.8, 4) is 0 Å². The Hall–Kier alpha value is -2.75. The molecule has 0 unspecified atom stereocenters. The Morgan fingerprint density at radius 2 is 2.19 bits per heavy atom. The van der Waals surface area contributed by atoms with Gasteiger partial charge in [-0.15, -0.1) is 5.10 Å². The summed E-state index contributed by atoms with van der Waals surface area (Å²) in [5.41, 5.74) is 2.61. The molecule has 112 valence electrons. The molecule has 2 heterocycles. The van der Waals surface area contributed by atoms with Gasteiger partial charge < -0.3 is 4.90 Å². The Morgan fingerprint density at radius 1 is 1.43 bits per heavy atom. The van der Waals surface area contributed by atoms with Crippen molar-refractivity contribution < 1.29 is 4.79 Å². The lowest BCUT2D eigenvalue weighted by Gasteiger charge is -2.12. The van der Waals surface area contributed by atoms with E-state index in [4.69, 9.17) is 5.84 Å². The third kappa shape index (κ3) is 3.42. The molecule has 0 atom stereocenters.